The summed E-state index contributed by atoms with van der Waals surface area (Å²) >= 11 is -1.30. The summed E-state index contributed by atoms with van der Waals surface area (Å²) in [5, 5.41) is -0.0701. The topological polar surface area (TPSA) is 91.3 Å². The maximum Gasteiger partial charge on any atom is 0.410 e. The van der Waals surface area contributed by atoms with E-state index in [9.17, 15) is 14.1 Å². The number of piperidine rings is 1. The summed E-state index contributed by atoms with van der Waals surface area (Å²) in [7, 11) is 1.35. The molecule has 1 aliphatic rings. The third-order valence-corrected chi connectivity index (χ3v) is 5.22. The molecule has 1 amide bonds. The average molecular weight is 375 g/mol. The van der Waals surface area contributed by atoms with E-state index in [1.807, 2.05) is 34.6 Å². The van der Waals surface area contributed by atoms with Gasteiger partial charge in [-0.3, -0.25) is 4.79 Å². The summed E-state index contributed by atoms with van der Waals surface area (Å²) in [6.07, 6.45) is 2.44. The Morgan fingerprint density at radius 1 is 1.32 bits per heavy atom. The molecule has 0 bridgehead atoms. The highest BCUT2D eigenvalue weighted by atomic mass is 32.2. The molecule has 0 aromatic rings. The second kappa shape index (κ2) is 8.89. The van der Waals surface area contributed by atoms with Crippen LogP contribution in [0.15, 0.2) is 4.40 Å². The molecule has 1 atom stereocenters. The van der Waals surface area contributed by atoms with Crippen LogP contribution in [0.2, 0.25) is 0 Å². The van der Waals surface area contributed by atoms with Crippen LogP contribution in [-0.4, -0.2) is 58.8 Å². The van der Waals surface area contributed by atoms with Crippen molar-refractivity contribution >= 4 is 29.6 Å². The molecule has 1 heterocycles. The Morgan fingerprint density at radius 3 is 2.32 bits per heavy atom. The number of rotatable bonds is 5. The number of nitrogens with zero attached hydrogens (tertiary/aromatic N) is 2. The summed E-state index contributed by atoms with van der Waals surface area (Å²) in [6, 6.07) is 0. The Balaban J connectivity index is 2.74. The fourth-order valence-corrected chi connectivity index (χ4v) is 3.02. The first-order chi connectivity index (χ1) is 11.5. The minimum atomic E-state index is -1.30. The van der Waals surface area contributed by atoms with E-state index >= 15 is 0 Å². The van der Waals surface area contributed by atoms with Crippen molar-refractivity contribution in [3.05, 3.63) is 0 Å². The Labute approximate surface area is 153 Å². The molecule has 1 unspecified atom stereocenters. The van der Waals surface area contributed by atoms with Gasteiger partial charge >= 0.3 is 12.1 Å². The van der Waals surface area contributed by atoms with Gasteiger partial charge in [-0.15, -0.1) is 0 Å². The van der Waals surface area contributed by atoms with Gasteiger partial charge in [0.2, 0.25) is 0 Å². The van der Waals surface area contributed by atoms with Crippen LogP contribution in [0, 0.1) is 5.41 Å². The highest BCUT2D eigenvalue weighted by molar-refractivity contribution is 7.90. The van der Waals surface area contributed by atoms with Crippen LogP contribution < -0.4 is 0 Å². The van der Waals surface area contributed by atoms with Crippen LogP contribution in [0.3, 0.4) is 0 Å². The lowest BCUT2D eigenvalue weighted by molar-refractivity contribution is -0.155. The summed E-state index contributed by atoms with van der Waals surface area (Å²) in [5.74, 6) is -0.321. The first kappa shape index (κ1) is 21.8. The summed E-state index contributed by atoms with van der Waals surface area (Å²) in [6.45, 7) is 9.92. The normalized spacial score (nSPS) is 19.1. The zero-order chi connectivity index (χ0) is 19.3. The van der Waals surface area contributed by atoms with Gasteiger partial charge in [0.15, 0.2) is 0 Å². The lowest BCUT2D eigenvalue weighted by Gasteiger charge is -2.39. The predicted octanol–water partition coefficient (Wildman–Crippen LogP) is 2.71. The van der Waals surface area contributed by atoms with Crippen LogP contribution in [0.1, 0.15) is 53.9 Å². The lowest BCUT2D eigenvalue weighted by Crippen LogP contribution is -2.48. The van der Waals surface area contributed by atoms with Crippen molar-refractivity contribution in [2.45, 2.75) is 64.7 Å². The predicted molar refractivity (Wildman–Crippen MR) is 97.9 cm³/mol. The third-order valence-electron chi connectivity index (χ3n) is 4.05. The zero-order valence-electron chi connectivity index (χ0n) is 16.0. The number of hydrogen-bond acceptors (Lipinski definition) is 6. The Hall–Kier alpha value is -1.28. The van der Waals surface area contributed by atoms with Crippen molar-refractivity contribution in [1.29, 1.82) is 0 Å². The van der Waals surface area contributed by atoms with Crippen molar-refractivity contribution in [2.24, 2.45) is 9.81 Å². The molecule has 0 aromatic carbocycles. The molecule has 1 aliphatic heterocycles. The largest absolute Gasteiger partial charge is 0.591 e. The number of likely N-dealkylation sites (tertiary alicyclic amines) is 1. The van der Waals surface area contributed by atoms with E-state index in [0.717, 1.165) is 0 Å². The summed E-state index contributed by atoms with van der Waals surface area (Å²) in [4.78, 5) is 26.1. The van der Waals surface area contributed by atoms with Crippen molar-refractivity contribution < 1.29 is 23.6 Å². The highest BCUT2D eigenvalue weighted by Gasteiger charge is 2.43. The number of esters is 1. The monoisotopic (exact) mass is 374 g/mol. The maximum atomic E-state index is 12.3. The molecular formula is C17H30N2O5S. The third kappa shape index (κ3) is 6.51. The molecular weight excluding hydrogens is 344 g/mol. The van der Waals surface area contributed by atoms with E-state index in [1.54, 1.807) is 11.1 Å². The fourth-order valence-electron chi connectivity index (χ4n) is 2.56. The van der Waals surface area contributed by atoms with Gasteiger partial charge in [0, 0.05) is 19.5 Å². The molecule has 0 spiro atoms. The molecule has 1 fully saturated rings. The van der Waals surface area contributed by atoms with Gasteiger partial charge in [0.05, 0.1) is 30.1 Å². The Kier molecular flexibility index (Phi) is 7.74. The quantitative estimate of drug-likeness (QED) is 0.419. The average Bonchev–Trinajstić information content (AvgIpc) is 2.52. The molecule has 25 heavy (non-hydrogen) atoms. The molecule has 1 rings (SSSR count). The molecule has 1 saturated heterocycles. The zero-order valence-corrected chi connectivity index (χ0v) is 16.9. The van der Waals surface area contributed by atoms with Gasteiger partial charge in [0.25, 0.3) is 0 Å². The molecule has 0 radical (unpaired) electrons. The number of hydrogen-bond donors (Lipinski definition) is 0. The molecule has 144 valence electrons. The lowest BCUT2D eigenvalue weighted by atomic mass is 9.76. The Bertz CT molecular complexity index is 494. The van der Waals surface area contributed by atoms with E-state index in [2.05, 4.69) is 4.40 Å². The second-order valence-corrected chi connectivity index (χ2v) is 9.26. The minimum Gasteiger partial charge on any atom is -0.591 e. The van der Waals surface area contributed by atoms with E-state index < -0.39 is 22.4 Å². The smallest absolute Gasteiger partial charge is 0.410 e. The first-order valence-electron chi connectivity index (χ1n) is 8.50. The van der Waals surface area contributed by atoms with Gasteiger partial charge < -0.3 is 18.9 Å². The number of methoxy groups -OCH3 is 1. The molecule has 0 aromatic heterocycles. The molecule has 0 aliphatic carbocycles. The highest BCUT2D eigenvalue weighted by Crippen LogP contribution is 2.36. The van der Waals surface area contributed by atoms with Gasteiger partial charge in [-0.05, 0) is 47.5 Å². The van der Waals surface area contributed by atoms with Crippen LogP contribution in [-0.2, 0) is 25.6 Å². The van der Waals surface area contributed by atoms with Gasteiger partial charge in [0.1, 0.15) is 10.9 Å². The second-order valence-electron chi connectivity index (χ2n) is 7.56. The van der Waals surface area contributed by atoms with Crippen LogP contribution in [0.25, 0.3) is 0 Å². The maximum absolute atomic E-state index is 12.3. The van der Waals surface area contributed by atoms with Crippen LogP contribution in [0.5, 0.6) is 0 Å². The van der Waals surface area contributed by atoms with E-state index in [-0.39, 0.29) is 17.3 Å². The van der Waals surface area contributed by atoms with E-state index in [4.69, 9.17) is 9.47 Å². The molecule has 7 nitrogen and oxygen atoms in total. The summed E-state index contributed by atoms with van der Waals surface area (Å²) in [5.41, 5.74) is -1.29. The molecule has 8 heteroatoms. The summed E-state index contributed by atoms with van der Waals surface area (Å²) < 4.78 is 26.1. The van der Waals surface area contributed by atoms with Crippen molar-refractivity contribution in [3.63, 3.8) is 0 Å². The van der Waals surface area contributed by atoms with Crippen LogP contribution >= 0.6 is 0 Å². The number of ether oxygens (including phenoxy) is 2. The fraction of sp³-hybridized carbons (Fsp3) is 0.824. The van der Waals surface area contributed by atoms with Gasteiger partial charge in [-0.25, -0.2) is 4.79 Å². The SMILES string of the molecule is COC(=O)C1(C/C=N/[S+]([O-])C(C)C)CCN(C(=O)OC(C)(C)C)CC1. The minimum absolute atomic E-state index is 0.0701. The van der Waals surface area contributed by atoms with Crippen LogP contribution in [0.4, 0.5) is 4.79 Å². The van der Waals surface area contributed by atoms with E-state index in [0.29, 0.717) is 32.4 Å². The van der Waals surface area contributed by atoms with Crippen molar-refractivity contribution in [3.8, 4) is 0 Å². The molecule has 0 N–H and O–H groups in total. The van der Waals surface area contributed by atoms with Gasteiger partial charge in [-0.1, -0.05) is 4.40 Å². The standard InChI is InChI=1S/C17H30N2O5S/c1-13(2)25(22)18-10-7-17(14(20)23-6)8-11-19(12-9-17)15(21)24-16(3,4)5/h10,13H,7-9,11-12H2,1-6H3/b18-10+. The van der Waals surface area contributed by atoms with Crippen molar-refractivity contribution in [2.75, 3.05) is 20.2 Å². The number of carbonyl (C=O) groups is 2. The van der Waals surface area contributed by atoms with Gasteiger partial charge in [-0.2, -0.15) is 0 Å². The van der Waals surface area contributed by atoms with Crippen molar-refractivity contribution in [1.82, 2.24) is 4.90 Å². The molecule has 0 saturated carbocycles. The van der Waals surface area contributed by atoms with E-state index in [1.165, 1.54) is 7.11 Å². The number of amides is 1. The number of carbonyl (C=O) groups excluding carboxylic acids is 2. The Morgan fingerprint density at radius 2 is 1.88 bits per heavy atom. The first-order valence-corrected chi connectivity index (χ1v) is 9.67.